The van der Waals surface area contributed by atoms with Gasteiger partial charge in [-0.2, -0.15) is 0 Å². The lowest BCUT2D eigenvalue weighted by Gasteiger charge is -1.69. The van der Waals surface area contributed by atoms with Crippen molar-refractivity contribution in [2.24, 2.45) is 4.99 Å². The molecule has 2 nitrogen and oxygen atoms in total. The molecule has 0 radical (unpaired) electrons. The summed E-state index contributed by atoms with van der Waals surface area (Å²) in [5.74, 6) is 0. The zero-order chi connectivity index (χ0) is 4.83. The minimum Gasteiger partial charge on any atom is -0.391 e. The second-order valence-electron chi connectivity index (χ2n) is 0.697. The average molecular weight is 85.1 g/mol. The van der Waals surface area contributed by atoms with Crippen molar-refractivity contribution < 1.29 is 5.11 Å². The smallest absolute Gasteiger partial charge is 0.0783 e. The predicted molar refractivity (Wildman–Crippen MR) is 25.8 cm³/mol. The maximum absolute atomic E-state index is 8.00. The molecule has 0 atom stereocenters. The molecule has 0 spiro atoms. The van der Waals surface area contributed by atoms with Crippen LogP contribution in [0.4, 0.5) is 0 Å². The minimum absolute atomic E-state index is 0.00792. The molecule has 0 saturated carbocycles. The van der Waals surface area contributed by atoms with E-state index >= 15 is 0 Å². The lowest BCUT2D eigenvalue weighted by atomic mass is 10.8. The number of aliphatic hydroxyl groups excluding tert-OH is 1. The molecule has 0 heterocycles. The van der Waals surface area contributed by atoms with Crippen molar-refractivity contribution in [2.75, 3.05) is 6.61 Å². The first-order valence-corrected chi connectivity index (χ1v) is 1.65. The van der Waals surface area contributed by atoms with Gasteiger partial charge in [0.15, 0.2) is 0 Å². The summed E-state index contributed by atoms with van der Waals surface area (Å²) < 4.78 is 0. The van der Waals surface area contributed by atoms with Gasteiger partial charge < -0.3 is 5.11 Å². The van der Waals surface area contributed by atoms with Crippen molar-refractivity contribution >= 4 is 6.21 Å². The van der Waals surface area contributed by atoms with Crippen LogP contribution in [-0.2, 0) is 0 Å². The van der Waals surface area contributed by atoms with Gasteiger partial charge in [-0.1, -0.05) is 6.58 Å². The highest BCUT2D eigenvalue weighted by Crippen LogP contribution is 1.59. The predicted octanol–water partition coefficient (Wildman–Crippen LogP) is 0.193. The molecule has 0 saturated heterocycles. The third-order valence-corrected chi connectivity index (χ3v) is 0.292. The highest BCUT2D eigenvalue weighted by Gasteiger charge is 1.56. The van der Waals surface area contributed by atoms with Crippen LogP contribution in [0, 0.1) is 0 Å². The van der Waals surface area contributed by atoms with Crippen LogP contribution in [0.3, 0.4) is 0 Å². The van der Waals surface area contributed by atoms with Gasteiger partial charge in [-0.3, -0.25) is 4.99 Å². The number of aliphatic imine (C=N–C) groups is 1. The molecule has 0 rings (SSSR count). The van der Waals surface area contributed by atoms with Gasteiger partial charge in [-0.25, -0.2) is 0 Å². The zero-order valence-electron chi connectivity index (χ0n) is 3.46. The van der Waals surface area contributed by atoms with E-state index in [9.17, 15) is 0 Å². The fourth-order valence-corrected chi connectivity index (χ4v) is 0.122. The lowest BCUT2D eigenvalue weighted by Crippen LogP contribution is -1.77. The van der Waals surface area contributed by atoms with Crippen LogP contribution in [-0.4, -0.2) is 17.9 Å². The molecular formula is C4H7NO. The second kappa shape index (κ2) is 4.37. The minimum atomic E-state index is -0.00792. The Balaban J connectivity index is 2.94. The summed E-state index contributed by atoms with van der Waals surface area (Å²) >= 11 is 0. The Hall–Kier alpha value is -0.630. The summed E-state index contributed by atoms with van der Waals surface area (Å²) in [6, 6.07) is 0. The fourth-order valence-electron chi connectivity index (χ4n) is 0.122. The van der Waals surface area contributed by atoms with E-state index in [1.807, 2.05) is 0 Å². The van der Waals surface area contributed by atoms with Crippen molar-refractivity contribution in [3.8, 4) is 0 Å². The summed E-state index contributed by atoms with van der Waals surface area (Å²) in [5, 5.41) is 8.00. The molecular weight excluding hydrogens is 78.0 g/mol. The molecule has 0 unspecified atom stereocenters. The maximum Gasteiger partial charge on any atom is 0.0783 e. The van der Waals surface area contributed by atoms with Crippen LogP contribution in [0.5, 0.6) is 0 Å². The van der Waals surface area contributed by atoms with Gasteiger partial charge >= 0.3 is 0 Å². The standard InChI is InChI=1S/C4H7NO/c1-2-5-3-4-6/h2-3,6H,1,4H2. The normalized spacial score (nSPS) is 9.50. The van der Waals surface area contributed by atoms with E-state index in [1.165, 1.54) is 12.4 Å². The Kier molecular flexibility index (Phi) is 3.91. The van der Waals surface area contributed by atoms with E-state index in [-0.39, 0.29) is 6.61 Å². The van der Waals surface area contributed by atoms with Crippen molar-refractivity contribution in [2.45, 2.75) is 0 Å². The third-order valence-electron chi connectivity index (χ3n) is 0.292. The van der Waals surface area contributed by atoms with Gasteiger partial charge in [-0.05, 0) is 0 Å². The van der Waals surface area contributed by atoms with Crippen LogP contribution in [0.25, 0.3) is 0 Å². The Morgan fingerprint density at radius 1 is 1.83 bits per heavy atom. The van der Waals surface area contributed by atoms with Gasteiger partial charge in [0.25, 0.3) is 0 Å². The van der Waals surface area contributed by atoms with Crippen molar-refractivity contribution in [1.29, 1.82) is 0 Å². The van der Waals surface area contributed by atoms with Crippen molar-refractivity contribution in [3.05, 3.63) is 12.8 Å². The largest absolute Gasteiger partial charge is 0.391 e. The van der Waals surface area contributed by atoms with E-state index in [1.54, 1.807) is 0 Å². The molecule has 0 amide bonds. The Morgan fingerprint density at radius 2 is 2.50 bits per heavy atom. The Bertz CT molecular complexity index is 58.6. The van der Waals surface area contributed by atoms with Crippen LogP contribution in [0.15, 0.2) is 17.8 Å². The van der Waals surface area contributed by atoms with E-state index in [0.29, 0.717) is 0 Å². The van der Waals surface area contributed by atoms with Crippen molar-refractivity contribution in [1.82, 2.24) is 0 Å². The van der Waals surface area contributed by atoms with Crippen LogP contribution < -0.4 is 0 Å². The van der Waals surface area contributed by atoms with E-state index in [0.717, 1.165) is 0 Å². The Labute approximate surface area is 36.8 Å². The van der Waals surface area contributed by atoms with Crippen LogP contribution >= 0.6 is 0 Å². The number of nitrogens with zero attached hydrogens (tertiary/aromatic N) is 1. The molecule has 6 heavy (non-hydrogen) atoms. The van der Waals surface area contributed by atoms with Crippen LogP contribution in [0.2, 0.25) is 0 Å². The summed E-state index contributed by atoms with van der Waals surface area (Å²) in [7, 11) is 0. The Morgan fingerprint density at radius 3 is 2.67 bits per heavy atom. The number of hydrogen-bond donors (Lipinski definition) is 1. The van der Waals surface area contributed by atoms with Gasteiger partial charge in [0.05, 0.1) is 6.61 Å². The van der Waals surface area contributed by atoms with Crippen LogP contribution in [0.1, 0.15) is 0 Å². The molecule has 0 aliphatic carbocycles. The molecule has 0 bridgehead atoms. The SMILES string of the molecule is C=CN=CCO. The highest BCUT2D eigenvalue weighted by atomic mass is 16.2. The number of rotatable bonds is 2. The average Bonchev–Trinajstić information content (AvgIpc) is 1.61. The molecule has 0 aliphatic rings. The first-order valence-electron chi connectivity index (χ1n) is 1.65. The molecule has 2 heteroatoms. The molecule has 0 aromatic carbocycles. The highest BCUT2D eigenvalue weighted by molar-refractivity contribution is 5.58. The van der Waals surface area contributed by atoms with Gasteiger partial charge in [0.1, 0.15) is 0 Å². The summed E-state index contributed by atoms with van der Waals surface area (Å²) in [4.78, 5) is 3.48. The monoisotopic (exact) mass is 85.1 g/mol. The van der Waals surface area contributed by atoms with Gasteiger partial charge in [0, 0.05) is 12.4 Å². The second-order valence-corrected chi connectivity index (χ2v) is 0.697. The summed E-state index contributed by atoms with van der Waals surface area (Å²) in [6.07, 6.45) is 2.74. The zero-order valence-corrected chi connectivity index (χ0v) is 3.46. The molecule has 0 fully saturated rings. The summed E-state index contributed by atoms with van der Waals surface area (Å²) in [5.41, 5.74) is 0. The number of aliphatic hydroxyl groups is 1. The third kappa shape index (κ3) is 3.37. The molecule has 0 aromatic rings. The first kappa shape index (κ1) is 5.37. The van der Waals surface area contributed by atoms with E-state index in [4.69, 9.17) is 5.11 Å². The fraction of sp³-hybridized carbons (Fsp3) is 0.250. The quantitative estimate of drug-likeness (QED) is 0.477. The van der Waals surface area contributed by atoms with E-state index < -0.39 is 0 Å². The molecule has 1 N–H and O–H groups in total. The van der Waals surface area contributed by atoms with Crippen molar-refractivity contribution in [3.63, 3.8) is 0 Å². The maximum atomic E-state index is 8.00. The molecule has 34 valence electrons. The summed E-state index contributed by atoms with van der Waals surface area (Å²) in [6.45, 7) is 3.28. The topological polar surface area (TPSA) is 32.6 Å². The van der Waals surface area contributed by atoms with Gasteiger partial charge in [-0.15, -0.1) is 0 Å². The first-order chi connectivity index (χ1) is 2.91. The van der Waals surface area contributed by atoms with Gasteiger partial charge in [0.2, 0.25) is 0 Å². The molecule has 0 aromatic heterocycles. The lowest BCUT2D eigenvalue weighted by molar-refractivity contribution is 0.361. The number of hydrogen-bond acceptors (Lipinski definition) is 2. The van der Waals surface area contributed by atoms with E-state index in [2.05, 4.69) is 11.6 Å². The molecule has 0 aliphatic heterocycles.